The Bertz CT molecular complexity index is 722. The van der Waals surface area contributed by atoms with Gasteiger partial charge in [0, 0.05) is 18.2 Å². The van der Waals surface area contributed by atoms with E-state index in [0.717, 1.165) is 5.56 Å². The van der Waals surface area contributed by atoms with E-state index in [9.17, 15) is 4.79 Å². The zero-order valence-electron chi connectivity index (χ0n) is 13.4. The van der Waals surface area contributed by atoms with E-state index in [0.29, 0.717) is 22.9 Å². The van der Waals surface area contributed by atoms with Crippen LogP contribution in [-0.4, -0.2) is 20.1 Å². The van der Waals surface area contributed by atoms with Crippen LogP contribution in [0.3, 0.4) is 0 Å². The summed E-state index contributed by atoms with van der Waals surface area (Å²) in [5.41, 5.74) is 8.92. The topological polar surface area (TPSA) is 73.6 Å². The van der Waals surface area contributed by atoms with Gasteiger partial charge in [0.1, 0.15) is 0 Å². The van der Waals surface area contributed by atoms with E-state index in [4.69, 9.17) is 15.2 Å². The standard InChI is InChI=1S/C18H20N2O3/c1-12-4-6-13(7-5-12)8-9-18(21)20-15-11-17(23-3)16(22-2)10-14(15)19/h4-11H,19H2,1-3H3,(H,20,21)/b9-8+. The summed E-state index contributed by atoms with van der Waals surface area (Å²) in [4.78, 5) is 12.0. The van der Waals surface area contributed by atoms with Crippen molar-refractivity contribution in [1.29, 1.82) is 0 Å². The van der Waals surface area contributed by atoms with Crippen LogP contribution in [0, 0.1) is 6.92 Å². The number of hydrogen-bond donors (Lipinski definition) is 2. The molecule has 0 aliphatic carbocycles. The Morgan fingerprint density at radius 1 is 1.09 bits per heavy atom. The number of rotatable bonds is 5. The molecule has 0 aliphatic rings. The zero-order valence-corrected chi connectivity index (χ0v) is 13.4. The predicted octanol–water partition coefficient (Wildman–Crippen LogP) is 3.25. The van der Waals surface area contributed by atoms with Crippen molar-refractivity contribution >= 4 is 23.4 Å². The first-order valence-electron chi connectivity index (χ1n) is 7.10. The number of methoxy groups -OCH3 is 2. The van der Waals surface area contributed by atoms with Crippen molar-refractivity contribution in [2.24, 2.45) is 0 Å². The van der Waals surface area contributed by atoms with Crippen molar-refractivity contribution in [2.75, 3.05) is 25.3 Å². The quantitative estimate of drug-likeness (QED) is 0.656. The van der Waals surface area contributed by atoms with Gasteiger partial charge in [0.05, 0.1) is 25.6 Å². The minimum atomic E-state index is -0.274. The monoisotopic (exact) mass is 312 g/mol. The van der Waals surface area contributed by atoms with Gasteiger partial charge in [0.15, 0.2) is 11.5 Å². The van der Waals surface area contributed by atoms with Crippen LogP contribution in [0.5, 0.6) is 11.5 Å². The minimum Gasteiger partial charge on any atom is -0.493 e. The fraction of sp³-hybridized carbons (Fsp3) is 0.167. The number of carbonyl (C=O) groups is 1. The summed E-state index contributed by atoms with van der Waals surface area (Å²) in [5, 5.41) is 2.73. The molecule has 5 nitrogen and oxygen atoms in total. The number of amides is 1. The molecule has 120 valence electrons. The molecule has 3 N–H and O–H groups in total. The molecule has 0 radical (unpaired) electrons. The van der Waals surface area contributed by atoms with Gasteiger partial charge in [0.25, 0.3) is 0 Å². The van der Waals surface area contributed by atoms with Crippen LogP contribution in [0.25, 0.3) is 6.08 Å². The second kappa shape index (κ2) is 7.35. The molecule has 1 amide bonds. The Labute approximate surface area is 135 Å². The predicted molar refractivity (Wildman–Crippen MR) is 92.8 cm³/mol. The van der Waals surface area contributed by atoms with Gasteiger partial charge in [0.2, 0.25) is 5.91 Å². The highest BCUT2D eigenvalue weighted by Gasteiger charge is 2.10. The third-order valence-electron chi connectivity index (χ3n) is 3.32. The lowest BCUT2D eigenvalue weighted by Crippen LogP contribution is -2.10. The van der Waals surface area contributed by atoms with E-state index in [1.54, 1.807) is 18.2 Å². The van der Waals surface area contributed by atoms with Crippen molar-refractivity contribution < 1.29 is 14.3 Å². The number of nitrogens with two attached hydrogens (primary N) is 1. The Hall–Kier alpha value is -2.95. The van der Waals surface area contributed by atoms with E-state index in [2.05, 4.69) is 5.32 Å². The first kappa shape index (κ1) is 16.4. The van der Waals surface area contributed by atoms with Gasteiger partial charge in [-0.1, -0.05) is 29.8 Å². The average molecular weight is 312 g/mol. The summed E-state index contributed by atoms with van der Waals surface area (Å²) < 4.78 is 10.4. The summed E-state index contributed by atoms with van der Waals surface area (Å²) >= 11 is 0. The molecule has 0 unspecified atom stereocenters. The van der Waals surface area contributed by atoms with E-state index in [1.807, 2.05) is 31.2 Å². The van der Waals surface area contributed by atoms with Crippen molar-refractivity contribution in [2.45, 2.75) is 6.92 Å². The maximum Gasteiger partial charge on any atom is 0.248 e. The molecule has 0 atom stereocenters. The van der Waals surface area contributed by atoms with Crippen LogP contribution >= 0.6 is 0 Å². The van der Waals surface area contributed by atoms with Crippen molar-refractivity contribution in [3.8, 4) is 11.5 Å². The van der Waals surface area contributed by atoms with Gasteiger partial charge in [-0.3, -0.25) is 4.79 Å². The molecular formula is C18H20N2O3. The van der Waals surface area contributed by atoms with Crippen LogP contribution < -0.4 is 20.5 Å². The maximum atomic E-state index is 12.0. The molecule has 2 rings (SSSR count). The van der Waals surface area contributed by atoms with E-state index in [1.165, 1.54) is 25.9 Å². The molecule has 23 heavy (non-hydrogen) atoms. The molecule has 5 heteroatoms. The number of carbonyl (C=O) groups excluding carboxylic acids is 1. The Balaban J connectivity index is 2.12. The third kappa shape index (κ3) is 4.26. The third-order valence-corrected chi connectivity index (χ3v) is 3.32. The molecule has 0 fully saturated rings. The fourth-order valence-corrected chi connectivity index (χ4v) is 2.03. The van der Waals surface area contributed by atoms with Gasteiger partial charge in [-0.25, -0.2) is 0 Å². The highest BCUT2D eigenvalue weighted by atomic mass is 16.5. The largest absolute Gasteiger partial charge is 0.493 e. The number of hydrogen-bond acceptors (Lipinski definition) is 4. The van der Waals surface area contributed by atoms with Crippen LogP contribution in [-0.2, 0) is 4.79 Å². The lowest BCUT2D eigenvalue weighted by molar-refractivity contribution is -0.111. The fourth-order valence-electron chi connectivity index (χ4n) is 2.03. The van der Waals surface area contributed by atoms with E-state index >= 15 is 0 Å². The van der Waals surface area contributed by atoms with Crippen molar-refractivity contribution in [1.82, 2.24) is 0 Å². The van der Waals surface area contributed by atoms with Gasteiger partial charge in [-0.05, 0) is 18.6 Å². The zero-order chi connectivity index (χ0) is 16.8. The number of aryl methyl sites for hydroxylation is 1. The number of benzene rings is 2. The van der Waals surface area contributed by atoms with Crippen LogP contribution in [0.1, 0.15) is 11.1 Å². The Kier molecular flexibility index (Phi) is 5.25. The second-order valence-electron chi connectivity index (χ2n) is 5.03. The van der Waals surface area contributed by atoms with Gasteiger partial charge in [-0.2, -0.15) is 0 Å². The number of nitrogens with one attached hydrogen (secondary N) is 1. The maximum absolute atomic E-state index is 12.0. The molecule has 0 aliphatic heterocycles. The molecule has 0 heterocycles. The highest BCUT2D eigenvalue weighted by Crippen LogP contribution is 2.34. The molecule has 0 bridgehead atoms. The Morgan fingerprint density at radius 3 is 2.30 bits per heavy atom. The van der Waals surface area contributed by atoms with E-state index < -0.39 is 0 Å². The number of nitrogen functional groups attached to an aromatic ring is 1. The van der Waals surface area contributed by atoms with Gasteiger partial charge >= 0.3 is 0 Å². The first-order chi connectivity index (χ1) is 11.0. The average Bonchev–Trinajstić information content (AvgIpc) is 2.55. The SMILES string of the molecule is COc1cc(N)c(NC(=O)/C=C/c2ccc(C)cc2)cc1OC. The number of ether oxygens (including phenoxy) is 2. The molecule has 2 aromatic rings. The van der Waals surface area contributed by atoms with Gasteiger partial charge in [-0.15, -0.1) is 0 Å². The lowest BCUT2D eigenvalue weighted by Gasteiger charge is -2.12. The second-order valence-corrected chi connectivity index (χ2v) is 5.03. The Morgan fingerprint density at radius 2 is 1.70 bits per heavy atom. The summed E-state index contributed by atoms with van der Waals surface area (Å²) in [6.07, 6.45) is 3.20. The first-order valence-corrected chi connectivity index (χ1v) is 7.10. The molecule has 0 spiro atoms. The lowest BCUT2D eigenvalue weighted by atomic mass is 10.1. The minimum absolute atomic E-state index is 0.274. The van der Waals surface area contributed by atoms with Crippen molar-refractivity contribution in [3.05, 3.63) is 53.6 Å². The molecular weight excluding hydrogens is 292 g/mol. The smallest absolute Gasteiger partial charge is 0.248 e. The summed E-state index contributed by atoms with van der Waals surface area (Å²) in [5.74, 6) is 0.738. The summed E-state index contributed by atoms with van der Waals surface area (Å²) in [6, 6.07) is 11.1. The van der Waals surface area contributed by atoms with Gasteiger partial charge < -0.3 is 20.5 Å². The normalized spacial score (nSPS) is 10.6. The molecule has 0 saturated heterocycles. The van der Waals surface area contributed by atoms with Crippen LogP contribution in [0.4, 0.5) is 11.4 Å². The molecule has 0 aromatic heterocycles. The number of anilines is 2. The molecule has 2 aromatic carbocycles. The highest BCUT2D eigenvalue weighted by molar-refractivity contribution is 6.03. The summed E-state index contributed by atoms with van der Waals surface area (Å²) in [7, 11) is 3.05. The summed E-state index contributed by atoms with van der Waals surface area (Å²) in [6.45, 7) is 2.01. The van der Waals surface area contributed by atoms with Crippen LogP contribution in [0.15, 0.2) is 42.5 Å². The molecule has 0 saturated carbocycles. The van der Waals surface area contributed by atoms with Crippen LogP contribution in [0.2, 0.25) is 0 Å². The van der Waals surface area contributed by atoms with E-state index in [-0.39, 0.29) is 5.91 Å². The van der Waals surface area contributed by atoms with Crippen molar-refractivity contribution in [3.63, 3.8) is 0 Å².